The number of carbonyl (C=O) groups is 2. The van der Waals surface area contributed by atoms with E-state index in [1.54, 1.807) is 24.3 Å². The van der Waals surface area contributed by atoms with Crippen molar-refractivity contribution in [2.45, 2.75) is 44.6 Å². The van der Waals surface area contributed by atoms with Gasteiger partial charge in [-0.05, 0) is 61.8 Å². The van der Waals surface area contributed by atoms with Crippen molar-refractivity contribution >= 4 is 11.8 Å². The third-order valence-electron chi connectivity index (χ3n) is 6.42. The number of benzene rings is 1. The molecule has 3 fully saturated rings. The number of nitrogens with zero attached hydrogens (tertiary/aromatic N) is 2. The monoisotopic (exact) mass is 372 g/mol. The summed E-state index contributed by atoms with van der Waals surface area (Å²) in [5, 5.41) is 9.40. The molecular formula is C21H28N2O4. The predicted molar refractivity (Wildman–Crippen MR) is 100 cm³/mol. The maximum atomic E-state index is 12.7. The molecule has 0 bridgehead atoms. The van der Waals surface area contributed by atoms with Crippen LogP contribution in [0, 0.1) is 5.41 Å². The van der Waals surface area contributed by atoms with Crippen molar-refractivity contribution in [3.63, 3.8) is 0 Å². The molecule has 1 atom stereocenters. The number of amides is 2. The second-order valence-corrected chi connectivity index (χ2v) is 8.25. The summed E-state index contributed by atoms with van der Waals surface area (Å²) in [5.74, 6) is 0.439. The number of phenols is 1. The van der Waals surface area contributed by atoms with Gasteiger partial charge >= 0.3 is 0 Å². The summed E-state index contributed by atoms with van der Waals surface area (Å²) in [6, 6.07) is 6.44. The third kappa shape index (κ3) is 3.95. The van der Waals surface area contributed by atoms with Gasteiger partial charge in [0.05, 0.1) is 6.10 Å². The molecule has 146 valence electrons. The Balaban J connectivity index is 1.36. The Kier molecular flexibility index (Phi) is 5.08. The number of aromatic hydroxyl groups is 1. The largest absolute Gasteiger partial charge is 0.508 e. The number of ether oxygens (including phenoxy) is 1. The van der Waals surface area contributed by atoms with Crippen molar-refractivity contribution < 1.29 is 19.4 Å². The van der Waals surface area contributed by atoms with Gasteiger partial charge in [-0.2, -0.15) is 0 Å². The number of hydrogen-bond acceptors (Lipinski definition) is 4. The van der Waals surface area contributed by atoms with Gasteiger partial charge in [0.1, 0.15) is 5.75 Å². The van der Waals surface area contributed by atoms with Gasteiger partial charge in [0.2, 0.25) is 5.91 Å². The van der Waals surface area contributed by atoms with Gasteiger partial charge < -0.3 is 19.6 Å². The fourth-order valence-electron chi connectivity index (χ4n) is 4.68. The fraction of sp³-hybridized carbons (Fsp3) is 0.619. The van der Waals surface area contributed by atoms with E-state index in [0.717, 1.165) is 64.9 Å². The number of likely N-dealkylation sites (tertiary alicyclic amines) is 2. The molecule has 3 aliphatic rings. The highest BCUT2D eigenvalue weighted by atomic mass is 16.5. The van der Waals surface area contributed by atoms with E-state index in [1.165, 1.54) is 0 Å². The lowest BCUT2D eigenvalue weighted by atomic mass is 9.72. The van der Waals surface area contributed by atoms with Gasteiger partial charge in [0.15, 0.2) is 0 Å². The molecule has 3 heterocycles. The summed E-state index contributed by atoms with van der Waals surface area (Å²) in [5.41, 5.74) is 0.751. The molecule has 3 aliphatic heterocycles. The minimum absolute atomic E-state index is 0.0212. The zero-order chi connectivity index (χ0) is 18.9. The SMILES string of the molecule is O=C1CCC2(CCN(C(=O)c3ccc(O)cc3)CC2)CN1C[C@H]1CCCO1. The second kappa shape index (κ2) is 7.50. The zero-order valence-corrected chi connectivity index (χ0v) is 15.7. The highest BCUT2D eigenvalue weighted by molar-refractivity contribution is 5.94. The molecule has 0 unspecified atom stereocenters. The molecule has 2 amide bonds. The molecule has 1 aromatic carbocycles. The Morgan fingerprint density at radius 2 is 1.93 bits per heavy atom. The van der Waals surface area contributed by atoms with Crippen LogP contribution in [0.4, 0.5) is 0 Å². The average molecular weight is 372 g/mol. The Labute approximate surface area is 160 Å². The first kappa shape index (κ1) is 18.3. The van der Waals surface area contributed by atoms with Crippen LogP contribution in [0.3, 0.4) is 0 Å². The van der Waals surface area contributed by atoms with E-state index < -0.39 is 0 Å². The van der Waals surface area contributed by atoms with Crippen molar-refractivity contribution in [1.29, 1.82) is 0 Å². The van der Waals surface area contributed by atoms with Crippen molar-refractivity contribution in [1.82, 2.24) is 9.80 Å². The molecule has 1 aromatic rings. The van der Waals surface area contributed by atoms with Crippen LogP contribution in [-0.2, 0) is 9.53 Å². The first-order valence-electron chi connectivity index (χ1n) is 10.0. The number of phenolic OH excluding ortho intramolecular Hbond substituents is 1. The summed E-state index contributed by atoms with van der Waals surface area (Å²) in [6.07, 6.45) is 5.74. The van der Waals surface area contributed by atoms with Crippen LogP contribution in [0.25, 0.3) is 0 Å². The molecule has 6 heteroatoms. The van der Waals surface area contributed by atoms with Crippen molar-refractivity contribution in [3.05, 3.63) is 29.8 Å². The minimum atomic E-state index is 0.0212. The van der Waals surface area contributed by atoms with Crippen LogP contribution < -0.4 is 0 Å². The Morgan fingerprint density at radius 1 is 1.19 bits per heavy atom. The average Bonchev–Trinajstić information content (AvgIpc) is 3.19. The molecule has 1 N–H and O–H groups in total. The number of carbonyl (C=O) groups excluding carboxylic acids is 2. The lowest BCUT2D eigenvalue weighted by molar-refractivity contribution is -0.141. The molecule has 4 rings (SSSR count). The summed E-state index contributed by atoms with van der Waals surface area (Å²) >= 11 is 0. The van der Waals surface area contributed by atoms with Gasteiger partial charge in [0.25, 0.3) is 5.91 Å². The smallest absolute Gasteiger partial charge is 0.253 e. The number of piperidine rings is 2. The maximum absolute atomic E-state index is 12.7. The molecule has 1 spiro atoms. The van der Waals surface area contributed by atoms with Crippen molar-refractivity contribution in [2.24, 2.45) is 5.41 Å². The number of rotatable bonds is 3. The fourth-order valence-corrected chi connectivity index (χ4v) is 4.68. The third-order valence-corrected chi connectivity index (χ3v) is 6.42. The summed E-state index contributed by atoms with van der Waals surface area (Å²) in [7, 11) is 0. The molecule has 0 radical (unpaired) electrons. The molecule has 6 nitrogen and oxygen atoms in total. The van der Waals surface area contributed by atoms with E-state index in [-0.39, 0.29) is 29.1 Å². The highest BCUT2D eigenvalue weighted by Crippen LogP contribution is 2.40. The van der Waals surface area contributed by atoms with Gasteiger partial charge in [-0.15, -0.1) is 0 Å². The quantitative estimate of drug-likeness (QED) is 0.885. The number of hydrogen-bond donors (Lipinski definition) is 1. The van der Waals surface area contributed by atoms with E-state index in [4.69, 9.17) is 4.74 Å². The summed E-state index contributed by atoms with van der Waals surface area (Å²) in [6.45, 7) is 3.78. The van der Waals surface area contributed by atoms with Crippen LogP contribution >= 0.6 is 0 Å². The van der Waals surface area contributed by atoms with E-state index in [0.29, 0.717) is 12.0 Å². The normalized spacial score (nSPS) is 25.2. The Bertz CT molecular complexity index is 689. The molecule has 0 saturated carbocycles. The van der Waals surface area contributed by atoms with E-state index in [9.17, 15) is 14.7 Å². The van der Waals surface area contributed by atoms with Crippen LogP contribution in [-0.4, -0.2) is 65.6 Å². The first-order valence-corrected chi connectivity index (χ1v) is 10.0. The zero-order valence-electron chi connectivity index (χ0n) is 15.7. The van der Waals surface area contributed by atoms with Crippen LogP contribution in [0.1, 0.15) is 48.9 Å². The lowest BCUT2D eigenvalue weighted by Crippen LogP contribution is -2.53. The molecular weight excluding hydrogens is 344 g/mol. The summed E-state index contributed by atoms with van der Waals surface area (Å²) < 4.78 is 5.72. The van der Waals surface area contributed by atoms with Crippen LogP contribution in [0.15, 0.2) is 24.3 Å². The van der Waals surface area contributed by atoms with Crippen LogP contribution in [0.5, 0.6) is 5.75 Å². The van der Waals surface area contributed by atoms with Crippen LogP contribution in [0.2, 0.25) is 0 Å². The second-order valence-electron chi connectivity index (χ2n) is 8.25. The van der Waals surface area contributed by atoms with E-state index in [2.05, 4.69) is 0 Å². The molecule has 0 aromatic heterocycles. The van der Waals surface area contributed by atoms with E-state index in [1.807, 2.05) is 9.80 Å². The van der Waals surface area contributed by atoms with Gasteiger partial charge in [-0.25, -0.2) is 0 Å². The highest BCUT2D eigenvalue weighted by Gasteiger charge is 2.42. The van der Waals surface area contributed by atoms with Gasteiger partial charge in [-0.3, -0.25) is 9.59 Å². The van der Waals surface area contributed by atoms with Crippen molar-refractivity contribution in [2.75, 3.05) is 32.8 Å². The van der Waals surface area contributed by atoms with Crippen molar-refractivity contribution in [3.8, 4) is 5.75 Å². The molecule has 0 aliphatic carbocycles. The minimum Gasteiger partial charge on any atom is -0.508 e. The van der Waals surface area contributed by atoms with E-state index >= 15 is 0 Å². The Morgan fingerprint density at radius 3 is 2.59 bits per heavy atom. The molecule has 3 saturated heterocycles. The molecule has 27 heavy (non-hydrogen) atoms. The van der Waals surface area contributed by atoms with Gasteiger partial charge in [0, 0.05) is 44.8 Å². The Hall–Kier alpha value is -2.08. The first-order chi connectivity index (χ1) is 13.0. The predicted octanol–water partition coefficient (Wildman–Crippen LogP) is 2.42. The summed E-state index contributed by atoms with van der Waals surface area (Å²) in [4.78, 5) is 29.0. The lowest BCUT2D eigenvalue weighted by Gasteiger charge is -2.47. The van der Waals surface area contributed by atoms with Gasteiger partial charge in [-0.1, -0.05) is 0 Å². The maximum Gasteiger partial charge on any atom is 0.253 e. The topological polar surface area (TPSA) is 70.1 Å². The standard InChI is InChI=1S/C21H28N2O4/c24-17-5-3-16(4-6-17)20(26)22-11-9-21(10-12-22)8-7-19(25)23(15-21)14-18-2-1-13-27-18/h3-6,18,24H,1-2,7-15H2/t18-/m1/s1.